The molecular formula is C58H68N10O8. The minimum atomic E-state index is -1.43. The first-order valence-electron chi connectivity index (χ1n) is 26.1. The number of nitrogens with two attached hydrogens (primary N) is 2. The number of carbonyl (C=O) groups excluding carboxylic acids is 2. The molecule has 4 aromatic carbocycles. The molecule has 0 saturated carbocycles. The van der Waals surface area contributed by atoms with Gasteiger partial charge in [0.15, 0.2) is 0 Å². The smallest absolute Gasteiger partial charge is 0.331 e. The number of unbranched alkanes of at least 4 members (excludes halogenated alkanes) is 1. The maximum absolute atomic E-state index is 14.2. The topological polar surface area (TPSA) is 246 Å². The Hall–Kier alpha value is -7.96. The molecule has 398 valence electrons. The molecule has 1 unspecified atom stereocenters. The highest BCUT2D eigenvalue weighted by molar-refractivity contribution is 6.07. The molecule has 76 heavy (non-hydrogen) atoms. The first-order valence-corrected chi connectivity index (χ1v) is 26.1. The second-order valence-corrected chi connectivity index (χ2v) is 20.2. The Bertz CT molecular complexity index is 3640. The van der Waals surface area contributed by atoms with E-state index in [2.05, 4.69) is 9.98 Å². The summed E-state index contributed by atoms with van der Waals surface area (Å²) in [5, 5.41) is 21.7. The van der Waals surface area contributed by atoms with Gasteiger partial charge < -0.3 is 31.5 Å². The number of rotatable bonds is 19. The molecule has 1 atom stereocenters. The van der Waals surface area contributed by atoms with E-state index in [9.17, 15) is 39.0 Å². The molecule has 2 aliphatic heterocycles. The summed E-state index contributed by atoms with van der Waals surface area (Å²) >= 11 is 0. The molecule has 0 fully saturated rings. The average Bonchev–Trinajstić information content (AvgIpc) is 3.71. The van der Waals surface area contributed by atoms with Crippen LogP contribution in [0.15, 0.2) is 113 Å². The van der Waals surface area contributed by atoms with Gasteiger partial charge in [0, 0.05) is 75.4 Å². The first-order chi connectivity index (χ1) is 36.4. The number of aliphatic imine (C=N–C) groups is 2. The number of fused-ring (bicyclic) bond motifs is 4. The molecule has 18 heteroatoms. The molecule has 18 nitrogen and oxygen atoms in total. The lowest BCUT2D eigenvalue weighted by Crippen LogP contribution is -2.45. The maximum atomic E-state index is 14.2. The normalized spacial score (nSPS) is 14.2. The van der Waals surface area contributed by atoms with E-state index >= 15 is 0 Å². The Balaban J connectivity index is 0.935. The molecule has 0 spiro atoms. The number of nitrogens with zero attached hydrogens (tertiary/aromatic N) is 8. The van der Waals surface area contributed by atoms with Crippen molar-refractivity contribution >= 4 is 68.8 Å². The van der Waals surface area contributed by atoms with Gasteiger partial charge in [-0.15, -0.1) is 0 Å². The van der Waals surface area contributed by atoms with Gasteiger partial charge in [0.25, 0.3) is 11.1 Å². The fourth-order valence-electron chi connectivity index (χ4n) is 10.3. The zero-order valence-electron chi connectivity index (χ0n) is 44.3. The van der Waals surface area contributed by atoms with Crippen LogP contribution >= 0.6 is 0 Å². The van der Waals surface area contributed by atoms with Gasteiger partial charge in [-0.1, -0.05) is 57.2 Å². The zero-order chi connectivity index (χ0) is 54.6. The second-order valence-electron chi connectivity index (χ2n) is 20.2. The van der Waals surface area contributed by atoms with Crippen molar-refractivity contribution in [2.75, 3.05) is 32.8 Å². The van der Waals surface area contributed by atoms with E-state index < -0.39 is 28.1 Å². The standard InChI is InChI=1S/C58H68N10O8/c1-7-21-65(22-8-2)52(70)42-27-40-14-12-37(30-46(40)61-50(59)33-42)39-17-19-45-49(32-39)64(6)57(75)68(55(45)73)35-58(4,76)20-10-11-24-66(23-9-3)53(71)43-28-41-15-13-36(29-47(41)62-51(60)34-43)38-16-18-44-48(31-38)63(5)56(74)67(25-26-69)54(44)72/h12-19,27-32,69,76H,7-11,20-26,33-35H2,1-6H3,(H2,59,61)(H2,60,62). The number of carbonyl (C=O) groups is 2. The molecule has 8 rings (SSSR count). The lowest BCUT2D eigenvalue weighted by molar-refractivity contribution is -0.128. The predicted octanol–water partition coefficient (Wildman–Crippen LogP) is 6.10. The Labute approximate surface area is 440 Å². The van der Waals surface area contributed by atoms with Crippen LogP contribution in [0.3, 0.4) is 0 Å². The minimum Gasteiger partial charge on any atom is -0.395 e. The molecule has 0 aliphatic carbocycles. The third kappa shape index (κ3) is 11.3. The molecule has 2 aromatic heterocycles. The third-order valence-corrected chi connectivity index (χ3v) is 14.2. The Morgan fingerprint density at radius 3 is 1.50 bits per heavy atom. The van der Waals surface area contributed by atoms with Crippen LogP contribution in [-0.4, -0.2) is 100 Å². The van der Waals surface area contributed by atoms with E-state index in [1.807, 2.05) is 80.3 Å². The molecule has 6 N–H and O–H groups in total. The van der Waals surface area contributed by atoms with Crippen LogP contribution in [0.1, 0.15) is 90.2 Å². The number of aryl methyl sites for hydroxylation is 2. The number of aliphatic hydroxyl groups is 2. The van der Waals surface area contributed by atoms with Crippen LogP contribution < -0.4 is 34.0 Å². The third-order valence-electron chi connectivity index (χ3n) is 14.2. The van der Waals surface area contributed by atoms with E-state index in [4.69, 9.17) is 11.5 Å². The summed E-state index contributed by atoms with van der Waals surface area (Å²) in [5.41, 5.74) is 16.9. The van der Waals surface area contributed by atoms with Crippen molar-refractivity contribution in [1.82, 2.24) is 28.1 Å². The Morgan fingerprint density at radius 2 is 1.04 bits per heavy atom. The van der Waals surface area contributed by atoms with E-state index in [1.54, 1.807) is 56.3 Å². The summed E-state index contributed by atoms with van der Waals surface area (Å²) in [6.07, 6.45) is 7.75. The molecule has 2 amide bonds. The summed E-state index contributed by atoms with van der Waals surface area (Å²) in [7, 11) is 3.18. The van der Waals surface area contributed by atoms with E-state index in [0.29, 0.717) is 101 Å². The van der Waals surface area contributed by atoms with E-state index in [1.165, 1.54) is 9.13 Å². The van der Waals surface area contributed by atoms with Crippen LogP contribution in [0.2, 0.25) is 0 Å². The lowest BCUT2D eigenvalue weighted by atomic mass is 9.98. The summed E-state index contributed by atoms with van der Waals surface area (Å²) in [6.45, 7) is 9.22. The van der Waals surface area contributed by atoms with E-state index in [0.717, 1.165) is 49.8 Å². The van der Waals surface area contributed by atoms with Gasteiger partial charge in [-0.3, -0.25) is 37.4 Å². The molecule has 0 radical (unpaired) electrons. The number of benzene rings is 4. The van der Waals surface area contributed by atoms with Crippen molar-refractivity contribution in [3.63, 3.8) is 0 Å². The van der Waals surface area contributed by atoms with Gasteiger partial charge in [0.05, 0.1) is 58.5 Å². The van der Waals surface area contributed by atoms with Crippen molar-refractivity contribution in [1.29, 1.82) is 0 Å². The van der Waals surface area contributed by atoms with Crippen LogP contribution in [0.5, 0.6) is 0 Å². The summed E-state index contributed by atoms with van der Waals surface area (Å²) < 4.78 is 4.89. The molecule has 0 saturated heterocycles. The highest BCUT2D eigenvalue weighted by atomic mass is 16.3. The van der Waals surface area contributed by atoms with Crippen molar-refractivity contribution in [2.24, 2.45) is 35.5 Å². The highest BCUT2D eigenvalue weighted by Crippen LogP contribution is 2.35. The lowest BCUT2D eigenvalue weighted by Gasteiger charge is -2.26. The average molecular weight is 1030 g/mol. The number of amides is 2. The monoisotopic (exact) mass is 1030 g/mol. The zero-order valence-corrected chi connectivity index (χ0v) is 44.3. The molecular weight excluding hydrogens is 965 g/mol. The Morgan fingerprint density at radius 1 is 0.618 bits per heavy atom. The number of amidine groups is 2. The molecule has 4 heterocycles. The molecule has 0 bridgehead atoms. The molecule has 6 aromatic rings. The van der Waals surface area contributed by atoms with Crippen molar-refractivity contribution in [3.05, 3.63) is 137 Å². The largest absolute Gasteiger partial charge is 0.395 e. The summed E-state index contributed by atoms with van der Waals surface area (Å²) in [5.74, 6) is 0.369. The van der Waals surface area contributed by atoms with Crippen molar-refractivity contribution in [3.8, 4) is 22.3 Å². The SMILES string of the molecule is CCCN(CCC)C(=O)C1=Cc2ccc(-c3ccc4c(=O)n(CC(C)(O)CCCCN(CCC)C(=O)C5=Cc6ccc(-c7ccc8c(=O)n(CCO)c(=O)n(C)c8c7)cc6N=C(N)C5)c(=O)n(C)c4c3)cc2N=C(N)C1. The van der Waals surface area contributed by atoms with Crippen LogP contribution in [-0.2, 0) is 36.8 Å². The minimum absolute atomic E-state index is 0.0453. The second kappa shape index (κ2) is 22.9. The maximum Gasteiger partial charge on any atom is 0.331 e. The Kier molecular flexibility index (Phi) is 16.3. The number of hydrogen-bond donors (Lipinski definition) is 4. The fraction of sp³-hybridized carbons (Fsp3) is 0.379. The molecule has 2 aliphatic rings. The van der Waals surface area contributed by atoms with Gasteiger partial charge in [-0.25, -0.2) is 19.6 Å². The van der Waals surface area contributed by atoms with Crippen LogP contribution in [0, 0.1) is 0 Å². The van der Waals surface area contributed by atoms with Gasteiger partial charge >= 0.3 is 11.4 Å². The fourth-order valence-corrected chi connectivity index (χ4v) is 10.3. The predicted molar refractivity (Wildman–Crippen MR) is 301 cm³/mol. The van der Waals surface area contributed by atoms with Crippen LogP contribution in [0.25, 0.3) is 56.2 Å². The quantitative estimate of drug-likeness (QED) is 0.0679. The number of hydrogen-bond acceptors (Lipinski definition) is 12. The highest BCUT2D eigenvalue weighted by Gasteiger charge is 2.27. The van der Waals surface area contributed by atoms with Gasteiger partial charge in [0.2, 0.25) is 11.8 Å². The van der Waals surface area contributed by atoms with Gasteiger partial charge in [0.1, 0.15) is 11.7 Å². The number of aliphatic hydroxyl groups excluding tert-OH is 1. The first kappa shape index (κ1) is 54.3. The summed E-state index contributed by atoms with van der Waals surface area (Å²) in [4.78, 5) is 94.6. The van der Waals surface area contributed by atoms with Gasteiger partial charge in [-0.05, 0) is 116 Å². The summed E-state index contributed by atoms with van der Waals surface area (Å²) in [6, 6.07) is 21.8. The van der Waals surface area contributed by atoms with Gasteiger partial charge in [-0.2, -0.15) is 0 Å². The van der Waals surface area contributed by atoms with Crippen molar-refractivity contribution in [2.45, 2.75) is 97.8 Å². The number of aromatic nitrogens is 4. The van der Waals surface area contributed by atoms with E-state index in [-0.39, 0.29) is 56.6 Å². The van der Waals surface area contributed by atoms with Crippen LogP contribution in [0.4, 0.5) is 11.4 Å². The van der Waals surface area contributed by atoms with Crippen molar-refractivity contribution < 1.29 is 19.8 Å².